The third-order valence-electron chi connectivity index (χ3n) is 2.66. The second kappa shape index (κ2) is 7.64. The van der Waals surface area contributed by atoms with Crippen LogP contribution in [0.1, 0.15) is 16.1 Å². The summed E-state index contributed by atoms with van der Waals surface area (Å²) in [4.78, 5) is 24.0. The first kappa shape index (κ1) is 15.3. The highest BCUT2D eigenvalue weighted by molar-refractivity contribution is 6.02. The van der Waals surface area contributed by atoms with E-state index in [2.05, 4.69) is 11.9 Å². The SMILES string of the molecule is C=CCOC(=O)/C(=C/c1ccccc1)NC(=O)c1ccco1. The minimum absolute atomic E-state index is 0.0226. The van der Waals surface area contributed by atoms with Gasteiger partial charge in [0.25, 0.3) is 5.91 Å². The lowest BCUT2D eigenvalue weighted by atomic mass is 10.2. The van der Waals surface area contributed by atoms with Gasteiger partial charge in [-0.15, -0.1) is 0 Å². The number of amides is 1. The number of hydrogen-bond donors (Lipinski definition) is 1. The molecule has 5 heteroatoms. The monoisotopic (exact) mass is 297 g/mol. The van der Waals surface area contributed by atoms with Gasteiger partial charge in [0.2, 0.25) is 0 Å². The first-order chi connectivity index (χ1) is 10.7. The fourth-order valence-corrected chi connectivity index (χ4v) is 1.67. The molecule has 0 radical (unpaired) electrons. The van der Waals surface area contributed by atoms with Gasteiger partial charge in [0.15, 0.2) is 5.76 Å². The summed E-state index contributed by atoms with van der Waals surface area (Å²) in [6, 6.07) is 12.2. The predicted octanol–water partition coefficient (Wildman–Crippen LogP) is 2.78. The van der Waals surface area contributed by atoms with Crippen molar-refractivity contribution in [3.05, 3.63) is 78.4 Å². The summed E-state index contributed by atoms with van der Waals surface area (Å²) in [5.41, 5.74) is 0.780. The lowest BCUT2D eigenvalue weighted by molar-refractivity contribution is -0.138. The van der Waals surface area contributed by atoms with Crippen LogP contribution in [0.25, 0.3) is 6.08 Å². The van der Waals surface area contributed by atoms with E-state index in [4.69, 9.17) is 9.15 Å². The molecule has 112 valence electrons. The molecule has 0 aliphatic heterocycles. The highest BCUT2D eigenvalue weighted by Crippen LogP contribution is 2.08. The molecule has 0 aliphatic rings. The van der Waals surface area contributed by atoms with Crippen LogP contribution in [0.3, 0.4) is 0 Å². The van der Waals surface area contributed by atoms with Crippen LogP contribution in [-0.4, -0.2) is 18.5 Å². The van der Waals surface area contributed by atoms with E-state index in [0.29, 0.717) is 0 Å². The standard InChI is InChI=1S/C17H15NO4/c1-2-10-22-17(20)14(12-13-7-4-3-5-8-13)18-16(19)15-9-6-11-21-15/h2-9,11-12H,1,10H2,(H,18,19)/b14-12-. The molecule has 0 unspecified atom stereocenters. The van der Waals surface area contributed by atoms with Gasteiger partial charge in [-0.1, -0.05) is 43.0 Å². The summed E-state index contributed by atoms with van der Waals surface area (Å²) in [5, 5.41) is 2.50. The maximum atomic E-state index is 12.0. The zero-order valence-electron chi connectivity index (χ0n) is 11.8. The van der Waals surface area contributed by atoms with Crippen LogP contribution in [0.15, 0.2) is 71.5 Å². The van der Waals surface area contributed by atoms with Crippen LogP contribution in [0, 0.1) is 0 Å². The molecule has 0 fully saturated rings. The van der Waals surface area contributed by atoms with Crippen molar-refractivity contribution in [2.75, 3.05) is 6.61 Å². The summed E-state index contributed by atoms with van der Waals surface area (Å²) in [6.45, 7) is 3.54. The molecule has 0 aliphatic carbocycles. The molecule has 5 nitrogen and oxygen atoms in total. The molecule has 1 heterocycles. The molecule has 22 heavy (non-hydrogen) atoms. The summed E-state index contributed by atoms with van der Waals surface area (Å²) < 4.78 is 9.97. The van der Waals surface area contributed by atoms with E-state index in [-0.39, 0.29) is 18.1 Å². The van der Waals surface area contributed by atoms with Gasteiger partial charge in [0.05, 0.1) is 6.26 Å². The third kappa shape index (κ3) is 4.21. The first-order valence-electron chi connectivity index (χ1n) is 6.60. The van der Waals surface area contributed by atoms with Gasteiger partial charge in [0, 0.05) is 0 Å². The Morgan fingerprint density at radius 3 is 2.59 bits per heavy atom. The number of carbonyl (C=O) groups is 2. The van der Waals surface area contributed by atoms with Crippen molar-refractivity contribution >= 4 is 18.0 Å². The Morgan fingerprint density at radius 2 is 1.95 bits per heavy atom. The second-order valence-electron chi connectivity index (χ2n) is 4.29. The quantitative estimate of drug-likeness (QED) is 0.506. The Morgan fingerprint density at radius 1 is 1.18 bits per heavy atom. The van der Waals surface area contributed by atoms with Gasteiger partial charge >= 0.3 is 5.97 Å². The highest BCUT2D eigenvalue weighted by Gasteiger charge is 2.17. The number of hydrogen-bond acceptors (Lipinski definition) is 4. The van der Waals surface area contributed by atoms with Crippen LogP contribution >= 0.6 is 0 Å². The van der Waals surface area contributed by atoms with Crippen molar-refractivity contribution in [3.8, 4) is 0 Å². The molecule has 0 bridgehead atoms. The van der Waals surface area contributed by atoms with Crippen LogP contribution in [0.4, 0.5) is 0 Å². The van der Waals surface area contributed by atoms with Crippen molar-refractivity contribution in [2.24, 2.45) is 0 Å². The molecular weight excluding hydrogens is 282 g/mol. The second-order valence-corrected chi connectivity index (χ2v) is 4.29. The van der Waals surface area contributed by atoms with Crippen molar-refractivity contribution < 1.29 is 18.7 Å². The molecular formula is C17H15NO4. The van der Waals surface area contributed by atoms with Gasteiger partial charge < -0.3 is 14.5 Å². The molecule has 0 saturated carbocycles. The Labute approximate surface area is 127 Å². The first-order valence-corrected chi connectivity index (χ1v) is 6.60. The minimum Gasteiger partial charge on any atom is -0.459 e. The summed E-state index contributed by atoms with van der Waals surface area (Å²) in [6.07, 6.45) is 4.37. The molecule has 1 aromatic heterocycles. The van der Waals surface area contributed by atoms with Gasteiger partial charge in [-0.05, 0) is 23.8 Å². The summed E-state index contributed by atoms with van der Waals surface area (Å²) >= 11 is 0. The lowest BCUT2D eigenvalue weighted by Gasteiger charge is -2.08. The number of furan rings is 1. The van der Waals surface area contributed by atoms with Crippen LogP contribution in [0.2, 0.25) is 0 Å². The van der Waals surface area contributed by atoms with E-state index in [1.54, 1.807) is 18.2 Å². The maximum absolute atomic E-state index is 12.0. The van der Waals surface area contributed by atoms with Gasteiger partial charge in [0.1, 0.15) is 12.3 Å². The predicted molar refractivity (Wildman–Crippen MR) is 81.7 cm³/mol. The Bertz CT molecular complexity index is 672. The third-order valence-corrected chi connectivity index (χ3v) is 2.66. The average Bonchev–Trinajstić information content (AvgIpc) is 3.07. The average molecular weight is 297 g/mol. The van der Waals surface area contributed by atoms with Gasteiger partial charge in [-0.3, -0.25) is 4.79 Å². The van der Waals surface area contributed by atoms with E-state index >= 15 is 0 Å². The number of carbonyl (C=O) groups excluding carboxylic acids is 2. The fourth-order valence-electron chi connectivity index (χ4n) is 1.67. The molecule has 0 saturated heterocycles. The van der Waals surface area contributed by atoms with Gasteiger partial charge in [-0.25, -0.2) is 4.79 Å². The number of ether oxygens (including phenoxy) is 1. The van der Waals surface area contributed by atoms with Crippen molar-refractivity contribution in [1.29, 1.82) is 0 Å². The number of rotatable bonds is 6. The maximum Gasteiger partial charge on any atom is 0.355 e. The largest absolute Gasteiger partial charge is 0.459 e. The van der Waals surface area contributed by atoms with Crippen LogP contribution in [0.5, 0.6) is 0 Å². The van der Waals surface area contributed by atoms with E-state index in [0.717, 1.165) is 5.56 Å². The van der Waals surface area contributed by atoms with Crippen LogP contribution < -0.4 is 5.32 Å². The normalized spacial score (nSPS) is 10.8. The van der Waals surface area contributed by atoms with E-state index < -0.39 is 11.9 Å². The zero-order valence-corrected chi connectivity index (χ0v) is 11.8. The Hall–Kier alpha value is -3.08. The lowest BCUT2D eigenvalue weighted by Crippen LogP contribution is -2.28. The number of esters is 1. The van der Waals surface area contributed by atoms with E-state index in [9.17, 15) is 9.59 Å². The topological polar surface area (TPSA) is 68.5 Å². The van der Waals surface area contributed by atoms with Crippen molar-refractivity contribution in [1.82, 2.24) is 5.32 Å². The van der Waals surface area contributed by atoms with Crippen LogP contribution in [-0.2, 0) is 9.53 Å². The summed E-state index contributed by atoms with van der Waals surface area (Å²) in [7, 11) is 0. The van der Waals surface area contributed by atoms with E-state index in [1.165, 1.54) is 24.5 Å². The molecule has 0 atom stereocenters. The van der Waals surface area contributed by atoms with Crippen molar-refractivity contribution in [2.45, 2.75) is 0 Å². The minimum atomic E-state index is -0.649. The Kier molecular flexibility index (Phi) is 5.31. The van der Waals surface area contributed by atoms with Crippen molar-refractivity contribution in [3.63, 3.8) is 0 Å². The zero-order chi connectivity index (χ0) is 15.8. The summed E-state index contributed by atoms with van der Waals surface area (Å²) in [5.74, 6) is -1.07. The molecule has 2 aromatic rings. The fraction of sp³-hybridized carbons (Fsp3) is 0.0588. The number of nitrogens with one attached hydrogen (secondary N) is 1. The van der Waals surface area contributed by atoms with Gasteiger partial charge in [-0.2, -0.15) is 0 Å². The highest BCUT2D eigenvalue weighted by atomic mass is 16.5. The smallest absolute Gasteiger partial charge is 0.355 e. The molecule has 2 rings (SSSR count). The number of benzene rings is 1. The molecule has 1 aromatic carbocycles. The molecule has 1 N–H and O–H groups in total. The van der Waals surface area contributed by atoms with E-state index in [1.807, 2.05) is 18.2 Å². The Balaban J connectivity index is 2.21. The molecule has 1 amide bonds. The molecule has 0 spiro atoms.